The first-order valence-corrected chi connectivity index (χ1v) is 4.81. The maximum absolute atomic E-state index is 12.6. The molecule has 0 atom stereocenters. The molecule has 0 fully saturated rings. The molecule has 2 nitrogen and oxygen atoms in total. The van der Waals surface area contributed by atoms with E-state index >= 15 is 0 Å². The monoisotopic (exact) mass is 304 g/mol. The van der Waals surface area contributed by atoms with Crippen molar-refractivity contribution in [3.63, 3.8) is 0 Å². The van der Waals surface area contributed by atoms with Crippen LogP contribution in [-0.2, 0) is 12.7 Å². The molecule has 1 aromatic heterocycles. The zero-order chi connectivity index (χ0) is 12.5. The Hall–Kier alpha value is -0.760. The molecule has 0 aromatic carbocycles. The third kappa shape index (κ3) is 2.49. The van der Waals surface area contributed by atoms with Crippen LogP contribution in [0.1, 0.15) is 23.1 Å². The first kappa shape index (κ1) is 13.3. The number of rotatable bonds is 2. The van der Waals surface area contributed by atoms with Crippen molar-refractivity contribution in [2.75, 3.05) is 0 Å². The summed E-state index contributed by atoms with van der Waals surface area (Å²) in [5, 5.41) is 0. The first-order valence-electron chi connectivity index (χ1n) is 4.01. The molecule has 16 heavy (non-hydrogen) atoms. The molecule has 0 saturated heterocycles. The van der Waals surface area contributed by atoms with Gasteiger partial charge in [-0.15, -0.1) is 0 Å². The molecule has 1 heterocycles. The van der Waals surface area contributed by atoms with E-state index in [-0.39, 0.29) is 5.56 Å². The SMILES string of the molecule is NCc1cnc(Br)c(C(F)(F)F)c1C(F)F. The molecule has 2 N–H and O–H groups in total. The van der Waals surface area contributed by atoms with E-state index in [9.17, 15) is 22.0 Å². The van der Waals surface area contributed by atoms with E-state index in [1.807, 2.05) is 0 Å². The standard InChI is InChI=1S/C8H6BrF5N2/c9-6-5(8(12,13)14)4(7(10)11)3(1-15)2-16-6/h2,7H,1,15H2. The van der Waals surface area contributed by atoms with Crippen LogP contribution in [0.4, 0.5) is 22.0 Å². The number of nitrogens with zero attached hydrogens (tertiary/aromatic N) is 1. The third-order valence-corrected chi connectivity index (χ3v) is 2.48. The summed E-state index contributed by atoms with van der Waals surface area (Å²) < 4.78 is 62.1. The number of aromatic nitrogens is 1. The summed E-state index contributed by atoms with van der Waals surface area (Å²) >= 11 is 2.51. The fraction of sp³-hybridized carbons (Fsp3) is 0.375. The van der Waals surface area contributed by atoms with Crippen LogP contribution in [0.25, 0.3) is 0 Å². The molecule has 0 radical (unpaired) electrons. The van der Waals surface area contributed by atoms with Gasteiger partial charge in [-0.05, 0) is 21.5 Å². The van der Waals surface area contributed by atoms with Gasteiger partial charge in [0.25, 0.3) is 6.43 Å². The van der Waals surface area contributed by atoms with E-state index in [2.05, 4.69) is 20.9 Å². The van der Waals surface area contributed by atoms with Gasteiger partial charge in [0.2, 0.25) is 0 Å². The summed E-state index contributed by atoms with van der Waals surface area (Å²) in [6, 6.07) is 0. The second-order valence-corrected chi connectivity index (χ2v) is 3.62. The predicted molar refractivity (Wildman–Crippen MR) is 49.8 cm³/mol. The molecule has 0 aliphatic carbocycles. The van der Waals surface area contributed by atoms with Crippen LogP contribution in [0.15, 0.2) is 10.8 Å². The van der Waals surface area contributed by atoms with Gasteiger partial charge in [0.05, 0.1) is 5.56 Å². The quantitative estimate of drug-likeness (QED) is 0.673. The summed E-state index contributed by atoms with van der Waals surface area (Å²) in [4.78, 5) is 3.34. The normalized spacial score (nSPS) is 12.2. The number of alkyl halides is 5. The largest absolute Gasteiger partial charge is 0.419 e. The van der Waals surface area contributed by atoms with Crippen molar-refractivity contribution in [2.45, 2.75) is 19.1 Å². The molecule has 0 amide bonds. The summed E-state index contributed by atoms with van der Waals surface area (Å²) in [6.45, 7) is -0.428. The van der Waals surface area contributed by atoms with Gasteiger partial charge < -0.3 is 5.73 Å². The highest BCUT2D eigenvalue weighted by atomic mass is 79.9. The molecule has 0 spiro atoms. The molecule has 0 bridgehead atoms. The Morgan fingerprint density at radius 3 is 2.31 bits per heavy atom. The molecule has 8 heteroatoms. The van der Waals surface area contributed by atoms with E-state index in [1.54, 1.807) is 0 Å². The third-order valence-electron chi connectivity index (χ3n) is 1.88. The van der Waals surface area contributed by atoms with Crippen molar-refractivity contribution in [3.8, 4) is 0 Å². The molecule has 0 aliphatic rings. The Morgan fingerprint density at radius 2 is 1.94 bits per heavy atom. The van der Waals surface area contributed by atoms with E-state index in [1.165, 1.54) is 0 Å². The van der Waals surface area contributed by atoms with E-state index in [0.29, 0.717) is 0 Å². The van der Waals surface area contributed by atoms with Gasteiger partial charge in [-0.3, -0.25) is 0 Å². The highest BCUT2D eigenvalue weighted by Crippen LogP contribution is 2.41. The lowest BCUT2D eigenvalue weighted by molar-refractivity contribution is -0.140. The number of halogens is 6. The summed E-state index contributed by atoms with van der Waals surface area (Å²) in [7, 11) is 0. The van der Waals surface area contributed by atoms with Crippen molar-refractivity contribution >= 4 is 15.9 Å². The number of pyridine rings is 1. The van der Waals surface area contributed by atoms with Crippen molar-refractivity contribution in [3.05, 3.63) is 27.5 Å². The average molecular weight is 305 g/mol. The van der Waals surface area contributed by atoms with E-state index in [4.69, 9.17) is 5.73 Å². The van der Waals surface area contributed by atoms with E-state index in [0.717, 1.165) is 6.20 Å². The second kappa shape index (κ2) is 4.62. The zero-order valence-electron chi connectivity index (χ0n) is 7.65. The maximum atomic E-state index is 12.6. The summed E-state index contributed by atoms with van der Waals surface area (Å²) in [6.07, 6.45) is -7.25. The van der Waals surface area contributed by atoms with Gasteiger partial charge in [0, 0.05) is 18.3 Å². The Labute approximate surface area is 95.8 Å². The fourth-order valence-corrected chi connectivity index (χ4v) is 1.76. The van der Waals surface area contributed by atoms with Gasteiger partial charge >= 0.3 is 6.18 Å². The molecule has 1 rings (SSSR count). The minimum Gasteiger partial charge on any atom is -0.326 e. The topological polar surface area (TPSA) is 38.9 Å². The van der Waals surface area contributed by atoms with Crippen molar-refractivity contribution < 1.29 is 22.0 Å². The molecule has 1 aromatic rings. The molecular formula is C8H6BrF5N2. The number of hydrogen-bond donors (Lipinski definition) is 1. The predicted octanol–water partition coefficient (Wildman–Crippen LogP) is 3.26. The van der Waals surface area contributed by atoms with Gasteiger partial charge in [-0.2, -0.15) is 13.2 Å². The molecule has 0 saturated carbocycles. The van der Waals surface area contributed by atoms with Crippen LogP contribution in [0.2, 0.25) is 0 Å². The van der Waals surface area contributed by atoms with Gasteiger partial charge in [-0.1, -0.05) is 0 Å². The lowest BCUT2D eigenvalue weighted by atomic mass is 10.0. The molecule has 0 unspecified atom stereocenters. The molecule has 90 valence electrons. The van der Waals surface area contributed by atoms with Crippen LogP contribution in [-0.4, -0.2) is 4.98 Å². The lowest BCUT2D eigenvalue weighted by Crippen LogP contribution is -2.15. The minimum atomic E-state index is -4.90. The van der Waals surface area contributed by atoms with Crippen LogP contribution in [0.5, 0.6) is 0 Å². The minimum absolute atomic E-state index is 0.314. The van der Waals surface area contributed by atoms with Crippen LogP contribution in [0.3, 0.4) is 0 Å². The highest BCUT2D eigenvalue weighted by Gasteiger charge is 2.39. The Bertz CT molecular complexity index is 391. The number of hydrogen-bond acceptors (Lipinski definition) is 2. The molecule has 0 aliphatic heterocycles. The van der Waals surface area contributed by atoms with Crippen molar-refractivity contribution in [1.29, 1.82) is 0 Å². The van der Waals surface area contributed by atoms with Gasteiger partial charge in [0.1, 0.15) is 4.60 Å². The fourth-order valence-electron chi connectivity index (χ4n) is 1.22. The first-order chi connectivity index (χ1) is 7.29. The summed E-state index contributed by atoms with van der Waals surface area (Å²) in [5.74, 6) is 0. The van der Waals surface area contributed by atoms with E-state index < -0.39 is 34.9 Å². The second-order valence-electron chi connectivity index (χ2n) is 2.87. The van der Waals surface area contributed by atoms with Crippen molar-refractivity contribution in [2.24, 2.45) is 5.73 Å². The van der Waals surface area contributed by atoms with Crippen molar-refractivity contribution in [1.82, 2.24) is 4.98 Å². The highest BCUT2D eigenvalue weighted by molar-refractivity contribution is 9.10. The maximum Gasteiger partial charge on any atom is 0.419 e. The summed E-state index contributed by atoms with van der Waals surface area (Å²) in [5.41, 5.74) is 2.20. The van der Waals surface area contributed by atoms with Crippen LogP contribution in [0, 0.1) is 0 Å². The van der Waals surface area contributed by atoms with Crippen LogP contribution < -0.4 is 5.73 Å². The smallest absolute Gasteiger partial charge is 0.326 e. The molecular weight excluding hydrogens is 299 g/mol. The average Bonchev–Trinajstić information content (AvgIpc) is 2.15. The Morgan fingerprint density at radius 1 is 1.38 bits per heavy atom. The van der Waals surface area contributed by atoms with Gasteiger partial charge in [-0.25, -0.2) is 13.8 Å². The zero-order valence-corrected chi connectivity index (χ0v) is 9.24. The van der Waals surface area contributed by atoms with Crippen LogP contribution >= 0.6 is 15.9 Å². The lowest BCUT2D eigenvalue weighted by Gasteiger charge is -2.16. The number of nitrogens with two attached hydrogens (primary N) is 1. The Kier molecular flexibility index (Phi) is 3.84. The van der Waals surface area contributed by atoms with Gasteiger partial charge in [0.15, 0.2) is 0 Å². The Balaban J connectivity index is 3.55.